The van der Waals surface area contributed by atoms with E-state index in [2.05, 4.69) is 43.8 Å². The molecule has 0 aliphatic carbocycles. The van der Waals surface area contributed by atoms with Crippen LogP contribution < -0.4 is 14.8 Å². The van der Waals surface area contributed by atoms with E-state index < -0.39 is 5.91 Å². The van der Waals surface area contributed by atoms with Crippen molar-refractivity contribution in [3.63, 3.8) is 0 Å². The van der Waals surface area contributed by atoms with Crippen LogP contribution in [-0.4, -0.2) is 12.5 Å². The lowest BCUT2D eigenvalue weighted by Crippen LogP contribution is -2.13. The predicted octanol–water partition coefficient (Wildman–Crippen LogP) is 6.72. The van der Waals surface area contributed by atoms with Crippen molar-refractivity contribution in [2.75, 3.05) is 11.9 Å². The second kappa shape index (κ2) is 11.8. The number of rotatable bonds is 8. The minimum atomic E-state index is -0.519. The number of nitrogens with one attached hydrogen (secondary N) is 1. The summed E-state index contributed by atoms with van der Waals surface area (Å²) in [5, 5.41) is 12.3. The Balaban J connectivity index is 1.85. The molecule has 0 aromatic heterocycles. The van der Waals surface area contributed by atoms with Gasteiger partial charge in [0, 0.05) is 10.2 Å². The molecule has 168 valence electrons. The highest BCUT2D eigenvalue weighted by Gasteiger charge is 2.15. The van der Waals surface area contributed by atoms with E-state index in [0.29, 0.717) is 34.9 Å². The summed E-state index contributed by atoms with van der Waals surface area (Å²) in [5.41, 5.74) is 1.82. The highest BCUT2D eigenvalue weighted by molar-refractivity contribution is 14.1. The van der Waals surface area contributed by atoms with Crippen LogP contribution in [0.2, 0.25) is 0 Å². The summed E-state index contributed by atoms with van der Waals surface area (Å²) in [5.74, 6) is 0.129. The minimum Gasteiger partial charge on any atom is -0.490 e. The second-order valence-corrected chi connectivity index (χ2v) is 8.89. The van der Waals surface area contributed by atoms with Crippen molar-refractivity contribution in [1.29, 1.82) is 5.26 Å². The SMILES string of the molecule is CCOc1cc(/C=C(/C#N)C(=O)Nc2cccc(Br)c2)cc(I)c1OCc1cccc(F)c1. The summed E-state index contributed by atoms with van der Waals surface area (Å²) in [6, 6.07) is 18.7. The standard InChI is InChI=1S/C25H19BrFIN2O3/c1-2-32-23-12-17(9-18(14-29)25(31)30-21-8-4-6-19(26)13-21)11-22(28)24(23)33-15-16-5-3-7-20(27)10-16/h3-13H,2,15H2,1H3,(H,30,31)/b18-9-. The molecule has 1 amide bonds. The van der Waals surface area contributed by atoms with Crippen LogP contribution in [0.4, 0.5) is 10.1 Å². The first kappa shape index (κ1) is 24.7. The number of benzene rings is 3. The van der Waals surface area contributed by atoms with Crippen molar-refractivity contribution >= 4 is 56.2 Å². The van der Waals surface area contributed by atoms with E-state index in [0.717, 1.165) is 8.04 Å². The van der Waals surface area contributed by atoms with Gasteiger partial charge in [0.15, 0.2) is 11.5 Å². The van der Waals surface area contributed by atoms with Crippen LogP contribution in [0.3, 0.4) is 0 Å². The smallest absolute Gasteiger partial charge is 0.266 e. The van der Waals surface area contributed by atoms with Gasteiger partial charge in [0.1, 0.15) is 24.1 Å². The molecule has 0 unspecified atom stereocenters. The van der Waals surface area contributed by atoms with Gasteiger partial charge in [0.2, 0.25) is 0 Å². The number of nitrogens with zero attached hydrogens (tertiary/aromatic N) is 1. The zero-order valence-corrected chi connectivity index (χ0v) is 21.3. The third-order valence-corrected chi connectivity index (χ3v) is 5.66. The Bertz CT molecular complexity index is 1240. The summed E-state index contributed by atoms with van der Waals surface area (Å²) < 4.78 is 26.6. The van der Waals surface area contributed by atoms with Crippen molar-refractivity contribution in [2.45, 2.75) is 13.5 Å². The Hall–Kier alpha value is -2.90. The molecule has 0 radical (unpaired) electrons. The van der Waals surface area contributed by atoms with Crippen LogP contribution in [0.1, 0.15) is 18.1 Å². The lowest BCUT2D eigenvalue weighted by Gasteiger charge is -2.15. The molecule has 3 rings (SSSR count). The number of amides is 1. The van der Waals surface area contributed by atoms with Crippen molar-refractivity contribution in [3.8, 4) is 17.6 Å². The van der Waals surface area contributed by atoms with Gasteiger partial charge in [-0.05, 0) is 89.2 Å². The van der Waals surface area contributed by atoms with Gasteiger partial charge in [0.25, 0.3) is 5.91 Å². The molecule has 0 bridgehead atoms. The van der Waals surface area contributed by atoms with Gasteiger partial charge in [-0.25, -0.2) is 4.39 Å². The first-order valence-electron chi connectivity index (χ1n) is 9.92. The molecule has 8 heteroatoms. The Morgan fingerprint density at radius 1 is 1.18 bits per heavy atom. The second-order valence-electron chi connectivity index (χ2n) is 6.82. The van der Waals surface area contributed by atoms with Gasteiger partial charge < -0.3 is 14.8 Å². The Morgan fingerprint density at radius 2 is 1.97 bits per heavy atom. The maximum absolute atomic E-state index is 13.5. The van der Waals surface area contributed by atoms with E-state index in [1.807, 2.05) is 19.1 Å². The van der Waals surface area contributed by atoms with Gasteiger partial charge >= 0.3 is 0 Å². The molecule has 0 saturated heterocycles. The maximum Gasteiger partial charge on any atom is 0.266 e. The maximum atomic E-state index is 13.5. The van der Waals surface area contributed by atoms with Crippen molar-refractivity contribution < 1.29 is 18.7 Å². The monoisotopic (exact) mass is 620 g/mol. The fourth-order valence-corrected chi connectivity index (χ4v) is 4.12. The summed E-state index contributed by atoms with van der Waals surface area (Å²) >= 11 is 5.45. The first-order valence-corrected chi connectivity index (χ1v) is 11.8. The minimum absolute atomic E-state index is 0.0540. The van der Waals surface area contributed by atoms with Crippen molar-refractivity contribution in [1.82, 2.24) is 0 Å². The predicted molar refractivity (Wildman–Crippen MR) is 137 cm³/mol. The normalized spacial score (nSPS) is 10.9. The molecule has 33 heavy (non-hydrogen) atoms. The molecule has 0 fully saturated rings. The van der Waals surface area contributed by atoms with Crippen LogP contribution in [0.15, 0.2) is 70.7 Å². The van der Waals surface area contributed by atoms with Gasteiger partial charge in [-0.15, -0.1) is 0 Å². The number of hydrogen-bond acceptors (Lipinski definition) is 4. The highest BCUT2D eigenvalue weighted by atomic mass is 127. The average molecular weight is 621 g/mol. The highest BCUT2D eigenvalue weighted by Crippen LogP contribution is 2.35. The van der Waals surface area contributed by atoms with Crippen LogP contribution in [0, 0.1) is 20.7 Å². The van der Waals surface area contributed by atoms with Crippen LogP contribution in [0.5, 0.6) is 11.5 Å². The van der Waals surface area contributed by atoms with Crippen molar-refractivity contribution in [2.24, 2.45) is 0 Å². The van der Waals surface area contributed by atoms with Crippen molar-refractivity contribution in [3.05, 3.63) is 91.2 Å². The average Bonchev–Trinajstić information content (AvgIpc) is 2.77. The number of hydrogen-bond donors (Lipinski definition) is 1. The molecule has 5 nitrogen and oxygen atoms in total. The van der Waals surface area contributed by atoms with Gasteiger partial charge in [0.05, 0.1) is 10.2 Å². The van der Waals surface area contributed by atoms with Gasteiger partial charge in [-0.3, -0.25) is 4.79 Å². The van der Waals surface area contributed by atoms with E-state index in [9.17, 15) is 14.4 Å². The Labute approximate surface area is 213 Å². The summed E-state index contributed by atoms with van der Waals surface area (Å²) in [6.07, 6.45) is 1.49. The third-order valence-electron chi connectivity index (χ3n) is 4.36. The molecule has 0 aliphatic rings. The molecule has 3 aromatic carbocycles. The van der Waals surface area contributed by atoms with E-state index in [-0.39, 0.29) is 18.0 Å². The molecule has 0 aliphatic heterocycles. The first-order chi connectivity index (χ1) is 15.9. The van der Waals surface area contributed by atoms with Crippen LogP contribution >= 0.6 is 38.5 Å². The van der Waals surface area contributed by atoms with E-state index in [1.54, 1.807) is 42.5 Å². The number of ether oxygens (including phenoxy) is 2. The molecule has 1 N–H and O–H groups in total. The lowest BCUT2D eigenvalue weighted by molar-refractivity contribution is -0.112. The number of anilines is 1. The number of halogens is 3. The van der Waals surface area contributed by atoms with Gasteiger partial charge in [-0.1, -0.05) is 34.1 Å². The third kappa shape index (κ3) is 7.04. The summed E-state index contributed by atoms with van der Waals surface area (Å²) in [7, 11) is 0. The number of carbonyl (C=O) groups is 1. The Kier molecular flexibility index (Phi) is 8.86. The Morgan fingerprint density at radius 3 is 2.67 bits per heavy atom. The molecule has 0 saturated carbocycles. The molecule has 3 aromatic rings. The topological polar surface area (TPSA) is 71.3 Å². The zero-order valence-electron chi connectivity index (χ0n) is 17.6. The van der Waals surface area contributed by atoms with Crippen LogP contribution in [0.25, 0.3) is 6.08 Å². The quantitative estimate of drug-likeness (QED) is 0.172. The molecule has 0 spiro atoms. The summed E-state index contributed by atoms with van der Waals surface area (Å²) in [6.45, 7) is 2.41. The largest absolute Gasteiger partial charge is 0.490 e. The van der Waals surface area contributed by atoms with E-state index in [1.165, 1.54) is 18.2 Å². The van der Waals surface area contributed by atoms with Crippen LogP contribution in [-0.2, 0) is 11.4 Å². The lowest BCUT2D eigenvalue weighted by atomic mass is 10.1. The van der Waals surface area contributed by atoms with Gasteiger partial charge in [-0.2, -0.15) is 5.26 Å². The van der Waals surface area contributed by atoms with E-state index in [4.69, 9.17) is 9.47 Å². The summed E-state index contributed by atoms with van der Waals surface area (Å²) in [4.78, 5) is 12.6. The number of nitriles is 1. The zero-order chi connectivity index (χ0) is 23.8. The molecular weight excluding hydrogens is 602 g/mol. The van der Waals surface area contributed by atoms with E-state index >= 15 is 0 Å². The fourth-order valence-electron chi connectivity index (χ4n) is 2.94. The molecule has 0 atom stereocenters. The molecule has 0 heterocycles. The fraction of sp³-hybridized carbons (Fsp3) is 0.120. The number of carbonyl (C=O) groups excluding carboxylic acids is 1. The molecular formula is C25H19BrFIN2O3.